The van der Waals surface area contributed by atoms with Crippen molar-refractivity contribution in [2.75, 3.05) is 18.5 Å². The summed E-state index contributed by atoms with van der Waals surface area (Å²) in [6.07, 6.45) is 2.52. The van der Waals surface area contributed by atoms with Gasteiger partial charge in [-0.1, -0.05) is 39.3 Å². The maximum absolute atomic E-state index is 2.34. The van der Waals surface area contributed by atoms with Crippen LogP contribution in [0.2, 0.25) is 0 Å². The largest absolute Gasteiger partial charge is 0.375 e. The second kappa shape index (κ2) is 5.79. The molecular weight excluding hydrogens is 182 g/mol. The third-order valence-corrected chi connectivity index (χ3v) is 2.82. The second-order valence-corrected chi connectivity index (χ2v) is 4.52. The van der Waals surface area contributed by atoms with Crippen LogP contribution in [0.5, 0.6) is 0 Å². The van der Waals surface area contributed by atoms with Gasteiger partial charge in [0.05, 0.1) is 0 Å². The van der Waals surface area contributed by atoms with Crippen LogP contribution in [-0.4, -0.2) is 13.6 Å². The molecule has 1 aromatic rings. The zero-order valence-electron chi connectivity index (χ0n) is 10.5. The SMILES string of the molecule is CCCCN(C)c1cccc(C(C)C)c1. The molecule has 0 heterocycles. The van der Waals surface area contributed by atoms with E-state index in [2.05, 4.69) is 57.0 Å². The van der Waals surface area contributed by atoms with Gasteiger partial charge in [-0.25, -0.2) is 0 Å². The van der Waals surface area contributed by atoms with Crippen LogP contribution in [0.4, 0.5) is 5.69 Å². The number of benzene rings is 1. The van der Waals surface area contributed by atoms with Gasteiger partial charge in [0.25, 0.3) is 0 Å². The molecule has 0 aliphatic rings. The summed E-state index contributed by atoms with van der Waals surface area (Å²) in [5.41, 5.74) is 2.77. The minimum absolute atomic E-state index is 0.615. The van der Waals surface area contributed by atoms with Gasteiger partial charge in [-0.15, -0.1) is 0 Å². The molecule has 1 aromatic carbocycles. The number of nitrogens with zero attached hydrogens (tertiary/aromatic N) is 1. The highest BCUT2D eigenvalue weighted by Gasteiger charge is 2.03. The molecule has 0 bridgehead atoms. The first kappa shape index (κ1) is 12.1. The molecule has 0 atom stereocenters. The van der Waals surface area contributed by atoms with Crippen molar-refractivity contribution in [3.63, 3.8) is 0 Å². The summed E-state index contributed by atoms with van der Waals surface area (Å²) in [6.45, 7) is 7.87. The van der Waals surface area contributed by atoms with Crippen LogP contribution in [0.3, 0.4) is 0 Å². The Balaban J connectivity index is 2.71. The van der Waals surface area contributed by atoms with E-state index in [0.717, 1.165) is 6.54 Å². The van der Waals surface area contributed by atoms with Crippen molar-refractivity contribution in [3.05, 3.63) is 29.8 Å². The molecule has 0 aliphatic heterocycles. The summed E-state index contributed by atoms with van der Waals surface area (Å²) in [5.74, 6) is 0.615. The molecular formula is C14H23N. The maximum Gasteiger partial charge on any atom is 0.0366 e. The lowest BCUT2D eigenvalue weighted by molar-refractivity contribution is 0.765. The van der Waals surface area contributed by atoms with Crippen LogP contribution in [-0.2, 0) is 0 Å². The van der Waals surface area contributed by atoms with Crippen molar-refractivity contribution in [1.82, 2.24) is 0 Å². The first-order valence-corrected chi connectivity index (χ1v) is 5.96. The van der Waals surface area contributed by atoms with E-state index in [1.807, 2.05) is 0 Å². The van der Waals surface area contributed by atoms with Crippen molar-refractivity contribution >= 4 is 5.69 Å². The van der Waals surface area contributed by atoms with E-state index in [0.29, 0.717) is 5.92 Å². The topological polar surface area (TPSA) is 3.24 Å². The molecule has 84 valence electrons. The lowest BCUT2D eigenvalue weighted by Crippen LogP contribution is -2.18. The van der Waals surface area contributed by atoms with E-state index >= 15 is 0 Å². The monoisotopic (exact) mass is 205 g/mol. The number of anilines is 1. The van der Waals surface area contributed by atoms with Gasteiger partial charge in [0.15, 0.2) is 0 Å². The highest BCUT2D eigenvalue weighted by atomic mass is 15.1. The molecule has 0 saturated heterocycles. The first-order valence-electron chi connectivity index (χ1n) is 5.96. The summed E-state index contributed by atoms with van der Waals surface area (Å²) in [6, 6.07) is 8.87. The van der Waals surface area contributed by atoms with Gasteiger partial charge in [-0.3, -0.25) is 0 Å². The lowest BCUT2D eigenvalue weighted by Gasteiger charge is -2.20. The molecule has 0 spiro atoms. The summed E-state index contributed by atoms with van der Waals surface area (Å²) in [5, 5.41) is 0. The van der Waals surface area contributed by atoms with E-state index in [1.54, 1.807) is 0 Å². The average molecular weight is 205 g/mol. The van der Waals surface area contributed by atoms with Gasteiger partial charge in [-0.2, -0.15) is 0 Å². The van der Waals surface area contributed by atoms with Crippen LogP contribution < -0.4 is 4.90 Å². The molecule has 0 aromatic heterocycles. The van der Waals surface area contributed by atoms with Gasteiger partial charge in [0.1, 0.15) is 0 Å². The molecule has 1 nitrogen and oxygen atoms in total. The fourth-order valence-electron chi connectivity index (χ4n) is 1.65. The molecule has 0 saturated carbocycles. The average Bonchev–Trinajstić information content (AvgIpc) is 2.26. The number of hydrogen-bond donors (Lipinski definition) is 0. The molecule has 1 rings (SSSR count). The van der Waals surface area contributed by atoms with E-state index in [1.165, 1.54) is 24.1 Å². The van der Waals surface area contributed by atoms with Gasteiger partial charge in [-0.05, 0) is 30.0 Å². The third kappa shape index (κ3) is 3.58. The number of unbranched alkanes of at least 4 members (excludes halogenated alkanes) is 1. The Hall–Kier alpha value is -0.980. The summed E-state index contributed by atoms with van der Waals surface area (Å²) in [7, 11) is 2.18. The Kier molecular flexibility index (Phi) is 4.67. The molecule has 0 N–H and O–H groups in total. The Labute approximate surface area is 94.1 Å². The normalized spacial score (nSPS) is 10.7. The minimum Gasteiger partial charge on any atom is -0.375 e. The Morgan fingerprint density at radius 3 is 2.60 bits per heavy atom. The Bertz CT molecular complexity index is 291. The van der Waals surface area contributed by atoms with Crippen LogP contribution in [0.1, 0.15) is 45.1 Å². The third-order valence-electron chi connectivity index (χ3n) is 2.82. The highest BCUT2D eigenvalue weighted by molar-refractivity contribution is 5.48. The lowest BCUT2D eigenvalue weighted by atomic mass is 10.0. The van der Waals surface area contributed by atoms with Gasteiger partial charge >= 0.3 is 0 Å². The standard InChI is InChI=1S/C14H23N/c1-5-6-10-15(4)14-9-7-8-13(11-14)12(2)3/h7-9,11-12H,5-6,10H2,1-4H3. The second-order valence-electron chi connectivity index (χ2n) is 4.52. The highest BCUT2D eigenvalue weighted by Crippen LogP contribution is 2.20. The fourth-order valence-corrected chi connectivity index (χ4v) is 1.65. The predicted molar refractivity (Wildman–Crippen MR) is 68.7 cm³/mol. The van der Waals surface area contributed by atoms with E-state index in [9.17, 15) is 0 Å². The van der Waals surface area contributed by atoms with E-state index in [-0.39, 0.29) is 0 Å². The molecule has 0 amide bonds. The fraction of sp³-hybridized carbons (Fsp3) is 0.571. The number of rotatable bonds is 5. The molecule has 0 fully saturated rings. The Morgan fingerprint density at radius 2 is 2.00 bits per heavy atom. The van der Waals surface area contributed by atoms with E-state index in [4.69, 9.17) is 0 Å². The van der Waals surface area contributed by atoms with Crippen molar-refractivity contribution in [2.45, 2.75) is 39.5 Å². The molecule has 15 heavy (non-hydrogen) atoms. The van der Waals surface area contributed by atoms with Crippen molar-refractivity contribution in [3.8, 4) is 0 Å². The number of hydrogen-bond acceptors (Lipinski definition) is 1. The summed E-state index contributed by atoms with van der Waals surface area (Å²) >= 11 is 0. The van der Waals surface area contributed by atoms with Gasteiger partial charge in [0.2, 0.25) is 0 Å². The molecule has 0 aliphatic carbocycles. The van der Waals surface area contributed by atoms with Crippen LogP contribution in [0, 0.1) is 0 Å². The molecule has 0 radical (unpaired) electrons. The smallest absolute Gasteiger partial charge is 0.0366 e. The summed E-state index contributed by atoms with van der Waals surface area (Å²) < 4.78 is 0. The molecule has 1 heteroatoms. The first-order chi connectivity index (χ1) is 7.15. The zero-order valence-corrected chi connectivity index (χ0v) is 10.5. The predicted octanol–water partition coefficient (Wildman–Crippen LogP) is 4.05. The minimum atomic E-state index is 0.615. The van der Waals surface area contributed by atoms with Crippen LogP contribution >= 0.6 is 0 Å². The van der Waals surface area contributed by atoms with Crippen LogP contribution in [0.25, 0.3) is 0 Å². The van der Waals surface area contributed by atoms with E-state index < -0.39 is 0 Å². The van der Waals surface area contributed by atoms with Crippen LogP contribution in [0.15, 0.2) is 24.3 Å². The quantitative estimate of drug-likeness (QED) is 0.701. The zero-order chi connectivity index (χ0) is 11.3. The van der Waals surface area contributed by atoms with Crippen molar-refractivity contribution in [2.24, 2.45) is 0 Å². The van der Waals surface area contributed by atoms with Gasteiger partial charge < -0.3 is 4.90 Å². The molecule has 0 unspecified atom stereocenters. The van der Waals surface area contributed by atoms with Gasteiger partial charge in [0, 0.05) is 19.3 Å². The maximum atomic E-state index is 2.34. The van der Waals surface area contributed by atoms with Crippen molar-refractivity contribution < 1.29 is 0 Å². The summed E-state index contributed by atoms with van der Waals surface area (Å²) in [4.78, 5) is 2.34. The Morgan fingerprint density at radius 1 is 1.27 bits per heavy atom. The van der Waals surface area contributed by atoms with Crippen molar-refractivity contribution in [1.29, 1.82) is 0 Å².